The minimum absolute atomic E-state index is 0.109. The number of ether oxygens (including phenoxy) is 1. The van der Waals surface area contributed by atoms with Gasteiger partial charge in [-0.3, -0.25) is 0 Å². The van der Waals surface area contributed by atoms with E-state index in [9.17, 15) is 18.3 Å². The van der Waals surface area contributed by atoms with Crippen LogP contribution in [0.3, 0.4) is 0 Å². The lowest BCUT2D eigenvalue weighted by molar-refractivity contribution is -0.550. The predicted octanol–water partition coefficient (Wildman–Crippen LogP) is 0.702. The molecule has 9 nitrogen and oxygen atoms in total. The number of rotatable bonds is 5. The van der Waals surface area contributed by atoms with Crippen LogP contribution in [0.15, 0.2) is 18.3 Å². The number of morpholine rings is 1. The molecule has 1 fully saturated rings. The summed E-state index contributed by atoms with van der Waals surface area (Å²) in [5.74, 6) is -0.718. The quantitative estimate of drug-likeness (QED) is 0.528. The molecule has 1 aliphatic rings. The molecule has 156 valence electrons. The van der Waals surface area contributed by atoms with Gasteiger partial charge in [0.05, 0.1) is 25.3 Å². The molecule has 0 saturated carbocycles. The maximum atomic E-state index is 13.9. The van der Waals surface area contributed by atoms with E-state index in [0.717, 1.165) is 0 Å². The Labute approximate surface area is 164 Å². The SMILES string of the molecule is N=CCC([NH3+])(c1nc(-c2cnc(N)c(O)c2)cc(N2CCOCC2)n1)C(F)(F)F. The molecule has 1 unspecified atom stereocenters. The third kappa shape index (κ3) is 4.07. The molecular formula is C17H21F3N7O2+. The Morgan fingerprint density at radius 1 is 1.28 bits per heavy atom. The molecule has 1 aliphatic heterocycles. The molecule has 0 radical (unpaired) electrons. The molecule has 0 aromatic carbocycles. The number of aromatic hydroxyl groups is 1. The summed E-state index contributed by atoms with van der Waals surface area (Å²) in [6.45, 7) is 1.71. The lowest BCUT2D eigenvalue weighted by Crippen LogP contribution is -2.77. The highest BCUT2D eigenvalue weighted by Crippen LogP contribution is 2.37. The van der Waals surface area contributed by atoms with Crippen molar-refractivity contribution < 1.29 is 28.7 Å². The van der Waals surface area contributed by atoms with Crippen molar-refractivity contribution >= 4 is 17.9 Å². The lowest BCUT2D eigenvalue weighted by Gasteiger charge is -2.30. The minimum Gasteiger partial charge on any atom is -0.504 e. The number of nitrogens with two attached hydrogens (primary N) is 1. The summed E-state index contributed by atoms with van der Waals surface area (Å²) in [5.41, 5.74) is 6.53. The Morgan fingerprint density at radius 2 is 1.97 bits per heavy atom. The zero-order valence-corrected chi connectivity index (χ0v) is 15.4. The first-order chi connectivity index (χ1) is 13.7. The topological polar surface area (TPSA) is 149 Å². The monoisotopic (exact) mass is 412 g/mol. The normalized spacial score (nSPS) is 17.0. The van der Waals surface area contributed by atoms with E-state index < -0.39 is 24.0 Å². The van der Waals surface area contributed by atoms with Crippen molar-refractivity contribution in [1.82, 2.24) is 15.0 Å². The van der Waals surface area contributed by atoms with Crippen molar-refractivity contribution in [2.24, 2.45) is 0 Å². The van der Waals surface area contributed by atoms with Crippen LogP contribution in [-0.2, 0) is 10.3 Å². The smallest absolute Gasteiger partial charge is 0.452 e. The van der Waals surface area contributed by atoms with Crippen molar-refractivity contribution in [2.45, 2.75) is 18.1 Å². The second-order valence-corrected chi connectivity index (χ2v) is 6.65. The third-order valence-electron chi connectivity index (χ3n) is 4.66. The summed E-state index contributed by atoms with van der Waals surface area (Å²) >= 11 is 0. The van der Waals surface area contributed by atoms with E-state index in [1.807, 2.05) is 0 Å². The van der Waals surface area contributed by atoms with E-state index in [1.54, 1.807) is 4.90 Å². The van der Waals surface area contributed by atoms with Gasteiger partial charge in [0.25, 0.3) is 5.54 Å². The van der Waals surface area contributed by atoms with Gasteiger partial charge in [0, 0.05) is 37.1 Å². The second-order valence-electron chi connectivity index (χ2n) is 6.65. The van der Waals surface area contributed by atoms with Crippen molar-refractivity contribution in [2.75, 3.05) is 36.9 Å². The Kier molecular flexibility index (Phi) is 5.57. The summed E-state index contributed by atoms with van der Waals surface area (Å²) < 4.78 is 46.9. The summed E-state index contributed by atoms with van der Waals surface area (Å²) in [5, 5.41) is 17.0. The molecular weight excluding hydrogens is 391 g/mol. The third-order valence-corrected chi connectivity index (χ3v) is 4.66. The van der Waals surface area contributed by atoms with Gasteiger partial charge in [0.1, 0.15) is 5.82 Å². The zero-order chi connectivity index (χ0) is 21.2. The first-order valence-corrected chi connectivity index (χ1v) is 8.74. The highest BCUT2D eigenvalue weighted by molar-refractivity contribution is 5.66. The van der Waals surface area contributed by atoms with Crippen LogP contribution in [0, 0.1) is 5.41 Å². The van der Waals surface area contributed by atoms with Crippen molar-refractivity contribution in [3.63, 3.8) is 0 Å². The summed E-state index contributed by atoms with van der Waals surface area (Å²) in [6.07, 6.45) is -3.55. The van der Waals surface area contributed by atoms with Gasteiger partial charge in [-0.25, -0.2) is 15.0 Å². The van der Waals surface area contributed by atoms with Crippen LogP contribution in [0.25, 0.3) is 11.3 Å². The Bertz CT molecular complexity index is 903. The number of pyridine rings is 1. The number of nitrogens with one attached hydrogen (secondary N) is 1. The molecule has 29 heavy (non-hydrogen) atoms. The maximum absolute atomic E-state index is 13.9. The van der Waals surface area contributed by atoms with Gasteiger partial charge in [0.2, 0.25) is 5.82 Å². The second kappa shape index (κ2) is 7.79. The Morgan fingerprint density at radius 3 is 2.55 bits per heavy atom. The van der Waals surface area contributed by atoms with Gasteiger partial charge in [-0.15, -0.1) is 0 Å². The summed E-state index contributed by atoms with van der Waals surface area (Å²) in [4.78, 5) is 13.8. The van der Waals surface area contributed by atoms with Crippen LogP contribution in [-0.4, -0.2) is 58.8 Å². The Hall–Kier alpha value is -2.99. The fraction of sp³-hybridized carbons (Fsp3) is 0.412. The van der Waals surface area contributed by atoms with Gasteiger partial charge >= 0.3 is 6.18 Å². The van der Waals surface area contributed by atoms with E-state index >= 15 is 0 Å². The van der Waals surface area contributed by atoms with Crippen LogP contribution < -0.4 is 16.4 Å². The highest BCUT2D eigenvalue weighted by Gasteiger charge is 2.59. The summed E-state index contributed by atoms with van der Waals surface area (Å²) in [6, 6.07) is 2.79. The number of nitrogen functional groups attached to an aromatic ring is 1. The van der Waals surface area contributed by atoms with Gasteiger partial charge in [-0.05, 0) is 6.07 Å². The van der Waals surface area contributed by atoms with Crippen LogP contribution >= 0.6 is 0 Å². The Balaban J connectivity index is 2.19. The summed E-state index contributed by atoms with van der Waals surface area (Å²) in [7, 11) is 0. The highest BCUT2D eigenvalue weighted by atomic mass is 19.4. The zero-order valence-electron chi connectivity index (χ0n) is 15.4. The van der Waals surface area contributed by atoms with E-state index in [0.29, 0.717) is 32.5 Å². The number of nitrogens with zero attached hydrogens (tertiary/aromatic N) is 4. The standard InChI is InChI=1S/C17H20F3N7O2/c18-17(19,20)16(23,1-2-21)15-25-11(10-7-12(28)14(22)24-9-10)8-13(26-15)27-3-5-29-6-4-27/h2,7-9,21,28H,1,3-6,23H2,(H2,22,24)/p+1. The average Bonchev–Trinajstić information content (AvgIpc) is 2.69. The van der Waals surface area contributed by atoms with E-state index in [-0.39, 0.29) is 28.6 Å². The van der Waals surface area contributed by atoms with Gasteiger partial charge in [-0.2, -0.15) is 13.2 Å². The minimum atomic E-state index is -4.78. The van der Waals surface area contributed by atoms with Gasteiger partial charge < -0.3 is 31.6 Å². The first kappa shape index (κ1) is 20.7. The molecule has 12 heteroatoms. The van der Waals surface area contributed by atoms with Crippen molar-refractivity contribution in [1.29, 1.82) is 5.41 Å². The van der Waals surface area contributed by atoms with E-state index in [4.69, 9.17) is 15.9 Å². The number of aromatic nitrogens is 3. The molecule has 3 rings (SSSR count). The largest absolute Gasteiger partial charge is 0.504 e. The van der Waals surface area contributed by atoms with Crippen molar-refractivity contribution in [3.05, 3.63) is 24.2 Å². The number of alkyl halides is 3. The van der Waals surface area contributed by atoms with E-state index in [1.165, 1.54) is 18.3 Å². The molecule has 7 N–H and O–H groups in total. The van der Waals surface area contributed by atoms with Gasteiger partial charge in [-0.1, -0.05) is 0 Å². The number of quaternary nitrogens is 1. The molecule has 0 bridgehead atoms. The molecule has 1 atom stereocenters. The van der Waals surface area contributed by atoms with Gasteiger partial charge in [0.15, 0.2) is 11.6 Å². The lowest BCUT2D eigenvalue weighted by atomic mass is 9.94. The van der Waals surface area contributed by atoms with Crippen LogP contribution in [0.1, 0.15) is 12.2 Å². The van der Waals surface area contributed by atoms with E-state index in [2.05, 4.69) is 20.7 Å². The molecule has 2 aromatic rings. The molecule has 3 heterocycles. The molecule has 1 saturated heterocycles. The predicted molar refractivity (Wildman–Crippen MR) is 98.4 cm³/mol. The van der Waals surface area contributed by atoms with Crippen LogP contribution in [0.4, 0.5) is 24.8 Å². The van der Waals surface area contributed by atoms with Crippen LogP contribution in [0.5, 0.6) is 5.75 Å². The van der Waals surface area contributed by atoms with Crippen LogP contribution in [0.2, 0.25) is 0 Å². The molecule has 2 aromatic heterocycles. The maximum Gasteiger partial charge on any atom is 0.452 e. The average molecular weight is 412 g/mol. The number of hydrogen-bond acceptors (Lipinski definition) is 8. The fourth-order valence-corrected chi connectivity index (χ4v) is 2.86. The fourth-order valence-electron chi connectivity index (χ4n) is 2.86. The number of halogens is 3. The van der Waals surface area contributed by atoms with Crippen molar-refractivity contribution in [3.8, 4) is 17.0 Å². The molecule has 0 spiro atoms. The number of hydrogen-bond donors (Lipinski definition) is 4. The first-order valence-electron chi connectivity index (χ1n) is 8.74. The molecule has 0 amide bonds. The molecule has 0 aliphatic carbocycles. The number of anilines is 2.